The first-order valence-electron chi connectivity index (χ1n) is 13.3. The number of hydrogen-bond acceptors (Lipinski definition) is 3. The average Bonchev–Trinajstić information content (AvgIpc) is 2.77. The van der Waals surface area contributed by atoms with Gasteiger partial charge >= 0.3 is 0 Å². The zero-order chi connectivity index (χ0) is 26.7. The van der Waals surface area contributed by atoms with Crippen molar-refractivity contribution in [1.82, 2.24) is 0 Å². The van der Waals surface area contributed by atoms with Gasteiger partial charge in [-0.1, -0.05) is 79.7 Å². The Morgan fingerprint density at radius 3 is 1.89 bits per heavy atom. The third kappa shape index (κ3) is 7.06. The molecule has 0 spiro atoms. The highest BCUT2D eigenvalue weighted by Gasteiger charge is 2.26. The molecule has 3 rings (SSSR count). The van der Waals surface area contributed by atoms with Crippen LogP contribution in [0, 0.1) is 5.92 Å². The Morgan fingerprint density at radius 2 is 1.36 bits per heavy atom. The van der Waals surface area contributed by atoms with E-state index >= 15 is 0 Å². The van der Waals surface area contributed by atoms with Crippen LogP contribution in [-0.4, -0.2) is 11.1 Å². The van der Waals surface area contributed by atoms with Gasteiger partial charge < -0.3 is 15.3 Å². The molecule has 0 aromatic heterocycles. The van der Waals surface area contributed by atoms with E-state index in [0.717, 1.165) is 28.9 Å². The Kier molecular flexibility index (Phi) is 8.44. The molecule has 3 aromatic rings. The number of para-hydroxylation sites is 1. The van der Waals surface area contributed by atoms with Crippen molar-refractivity contribution in [3.8, 4) is 5.75 Å². The van der Waals surface area contributed by atoms with E-state index in [-0.39, 0.29) is 10.8 Å². The summed E-state index contributed by atoms with van der Waals surface area (Å²) < 4.78 is 0. The highest BCUT2D eigenvalue weighted by Crippen LogP contribution is 2.39. The number of hydrogen-bond donors (Lipinski definition) is 2. The highest BCUT2D eigenvalue weighted by atomic mass is 16.3. The highest BCUT2D eigenvalue weighted by molar-refractivity contribution is 5.63. The molecule has 0 bridgehead atoms. The van der Waals surface area contributed by atoms with Crippen molar-refractivity contribution in [2.75, 3.05) is 10.2 Å². The molecule has 1 atom stereocenters. The zero-order valence-electron chi connectivity index (χ0n) is 23.8. The number of nitrogens with zero attached hydrogens (tertiary/aromatic N) is 1. The van der Waals surface area contributed by atoms with Crippen molar-refractivity contribution in [3.63, 3.8) is 0 Å². The molecule has 3 nitrogen and oxygen atoms in total. The Balaban J connectivity index is 2.00. The van der Waals surface area contributed by atoms with Gasteiger partial charge in [0.25, 0.3) is 0 Å². The number of aromatic hydroxyl groups is 1. The maximum Gasteiger partial charge on any atom is 0.124 e. The molecular weight excluding hydrogens is 440 g/mol. The maximum absolute atomic E-state index is 11.4. The van der Waals surface area contributed by atoms with E-state index in [1.54, 1.807) is 0 Å². The van der Waals surface area contributed by atoms with Gasteiger partial charge in [-0.05, 0) is 83.7 Å². The lowest BCUT2D eigenvalue weighted by Crippen LogP contribution is -2.34. The van der Waals surface area contributed by atoms with Crippen molar-refractivity contribution in [2.45, 2.75) is 92.2 Å². The van der Waals surface area contributed by atoms with Crippen LogP contribution in [0.15, 0.2) is 66.7 Å². The summed E-state index contributed by atoms with van der Waals surface area (Å²) in [7, 11) is 0. The minimum Gasteiger partial charge on any atom is -0.507 e. The predicted octanol–water partition coefficient (Wildman–Crippen LogP) is 9.17. The van der Waals surface area contributed by atoms with Crippen LogP contribution in [0.25, 0.3) is 0 Å². The van der Waals surface area contributed by atoms with E-state index in [1.165, 1.54) is 11.3 Å². The fourth-order valence-electron chi connectivity index (χ4n) is 4.74. The predicted molar refractivity (Wildman–Crippen MR) is 157 cm³/mol. The van der Waals surface area contributed by atoms with Gasteiger partial charge in [0, 0.05) is 35.2 Å². The van der Waals surface area contributed by atoms with Crippen molar-refractivity contribution in [3.05, 3.63) is 83.4 Å². The lowest BCUT2D eigenvalue weighted by molar-refractivity contribution is 0.432. The first kappa shape index (κ1) is 27.6. The second kappa shape index (κ2) is 11.0. The zero-order valence-corrected chi connectivity index (χ0v) is 23.8. The van der Waals surface area contributed by atoms with E-state index in [2.05, 4.69) is 121 Å². The molecule has 1 unspecified atom stereocenters. The van der Waals surface area contributed by atoms with Crippen molar-refractivity contribution in [1.29, 1.82) is 0 Å². The first-order chi connectivity index (χ1) is 16.8. The van der Waals surface area contributed by atoms with Gasteiger partial charge in [-0.25, -0.2) is 0 Å². The number of nitrogens with one attached hydrogen (secondary N) is 1. The fraction of sp³-hybridized carbons (Fsp3) is 0.455. The second-order valence-corrected chi connectivity index (χ2v) is 12.7. The van der Waals surface area contributed by atoms with Crippen LogP contribution in [-0.2, 0) is 17.4 Å². The molecule has 0 aliphatic rings. The van der Waals surface area contributed by atoms with Crippen LogP contribution in [0.3, 0.4) is 0 Å². The van der Waals surface area contributed by atoms with E-state index in [4.69, 9.17) is 0 Å². The van der Waals surface area contributed by atoms with Gasteiger partial charge in [-0.15, -0.1) is 0 Å². The molecular formula is C33H46N2O. The lowest BCUT2D eigenvalue weighted by Gasteiger charge is -2.34. The number of phenols is 1. The molecule has 0 heterocycles. The SMILES string of the molecule is CC(C)CC(C)N(Cc1cc(C(C)(C)C)cc(C(C)(C)C)c1O)c1ccc(Nc2ccccc2)cc1. The van der Waals surface area contributed by atoms with Crippen molar-refractivity contribution in [2.24, 2.45) is 5.92 Å². The molecule has 0 saturated heterocycles. The van der Waals surface area contributed by atoms with Crippen molar-refractivity contribution < 1.29 is 5.11 Å². The quantitative estimate of drug-likeness (QED) is 0.333. The molecule has 0 fully saturated rings. The minimum atomic E-state index is -0.140. The van der Waals surface area contributed by atoms with Crippen LogP contribution in [0.2, 0.25) is 0 Å². The van der Waals surface area contributed by atoms with Crippen LogP contribution in [0.5, 0.6) is 5.75 Å². The fourth-order valence-corrected chi connectivity index (χ4v) is 4.74. The monoisotopic (exact) mass is 486 g/mol. The summed E-state index contributed by atoms with van der Waals surface area (Å²) in [5, 5.41) is 14.9. The molecule has 36 heavy (non-hydrogen) atoms. The van der Waals surface area contributed by atoms with Gasteiger partial charge in [-0.2, -0.15) is 0 Å². The smallest absolute Gasteiger partial charge is 0.124 e. The third-order valence-electron chi connectivity index (χ3n) is 6.81. The number of phenolic OH excluding ortho intramolecular Hbond substituents is 1. The molecule has 0 aliphatic heterocycles. The average molecular weight is 487 g/mol. The Labute approximate surface area is 219 Å². The molecule has 3 heteroatoms. The van der Waals surface area contributed by atoms with Gasteiger partial charge in [0.05, 0.1) is 0 Å². The van der Waals surface area contributed by atoms with Gasteiger partial charge in [0.2, 0.25) is 0 Å². The summed E-state index contributed by atoms with van der Waals surface area (Å²) >= 11 is 0. The Bertz CT molecular complexity index is 1120. The molecule has 2 N–H and O–H groups in total. The standard InChI is InChI=1S/C33H46N2O/c1-23(2)19-24(3)35(29-17-15-28(16-18-29)34-27-13-11-10-12-14-27)22-25-20-26(32(4,5)6)21-30(31(25)36)33(7,8)9/h10-18,20-21,23-24,34,36H,19,22H2,1-9H3. The topological polar surface area (TPSA) is 35.5 Å². The van der Waals surface area contributed by atoms with Crippen LogP contribution >= 0.6 is 0 Å². The first-order valence-corrected chi connectivity index (χ1v) is 13.3. The summed E-state index contributed by atoms with van der Waals surface area (Å²) in [4.78, 5) is 2.44. The van der Waals surface area contributed by atoms with E-state index in [0.29, 0.717) is 24.3 Å². The van der Waals surface area contributed by atoms with Crippen LogP contribution in [0.4, 0.5) is 17.1 Å². The van der Waals surface area contributed by atoms with E-state index in [9.17, 15) is 5.11 Å². The molecule has 0 saturated carbocycles. The number of benzene rings is 3. The summed E-state index contributed by atoms with van der Waals surface area (Å²) in [6, 6.07) is 23.7. The summed E-state index contributed by atoms with van der Waals surface area (Å²) in [6.07, 6.45) is 1.08. The number of anilines is 3. The van der Waals surface area contributed by atoms with Crippen LogP contribution < -0.4 is 10.2 Å². The third-order valence-corrected chi connectivity index (χ3v) is 6.81. The minimum absolute atomic E-state index is 0.00157. The van der Waals surface area contributed by atoms with Crippen LogP contribution in [0.1, 0.15) is 85.4 Å². The Hall–Kier alpha value is -2.94. The van der Waals surface area contributed by atoms with Gasteiger partial charge in [0.1, 0.15) is 5.75 Å². The molecule has 3 aromatic carbocycles. The summed E-state index contributed by atoms with van der Waals surface area (Å²) in [5.74, 6) is 1.01. The van der Waals surface area contributed by atoms with Gasteiger partial charge in [-0.3, -0.25) is 0 Å². The lowest BCUT2D eigenvalue weighted by atomic mass is 9.79. The second-order valence-electron chi connectivity index (χ2n) is 12.7. The summed E-state index contributed by atoms with van der Waals surface area (Å²) in [5.41, 5.74) is 6.45. The Morgan fingerprint density at radius 1 is 0.778 bits per heavy atom. The van der Waals surface area contributed by atoms with Gasteiger partial charge in [0.15, 0.2) is 0 Å². The molecule has 194 valence electrons. The van der Waals surface area contributed by atoms with E-state index in [1.807, 2.05) is 18.2 Å². The normalized spacial score (nSPS) is 13.1. The molecule has 0 amide bonds. The number of rotatable bonds is 8. The maximum atomic E-state index is 11.4. The van der Waals surface area contributed by atoms with E-state index < -0.39 is 0 Å². The van der Waals surface area contributed by atoms with Crippen molar-refractivity contribution >= 4 is 17.1 Å². The summed E-state index contributed by atoms with van der Waals surface area (Å²) in [6.45, 7) is 20.8. The molecule has 0 radical (unpaired) electrons. The molecule has 0 aliphatic carbocycles. The largest absolute Gasteiger partial charge is 0.507 e.